The van der Waals surface area contributed by atoms with Crippen molar-refractivity contribution < 1.29 is 18.7 Å². The molecule has 1 unspecified atom stereocenters. The van der Waals surface area contributed by atoms with E-state index in [0.717, 1.165) is 11.3 Å². The van der Waals surface area contributed by atoms with Crippen LogP contribution in [0.25, 0.3) is 0 Å². The van der Waals surface area contributed by atoms with Crippen LogP contribution in [0.1, 0.15) is 12.5 Å². The van der Waals surface area contributed by atoms with Gasteiger partial charge in [0.25, 0.3) is 0 Å². The van der Waals surface area contributed by atoms with Gasteiger partial charge in [-0.2, -0.15) is 0 Å². The van der Waals surface area contributed by atoms with E-state index >= 15 is 0 Å². The van der Waals surface area contributed by atoms with Crippen LogP contribution in [-0.2, 0) is 16.0 Å². The van der Waals surface area contributed by atoms with Crippen molar-refractivity contribution in [1.82, 2.24) is 0 Å². The van der Waals surface area contributed by atoms with Gasteiger partial charge in [0.15, 0.2) is 0 Å². The molecule has 1 heterocycles. The molecule has 2 amide bonds. The number of hydrogen-bond donors (Lipinski definition) is 2. The summed E-state index contributed by atoms with van der Waals surface area (Å²) in [6.07, 6.45) is 0.585. The number of benzene rings is 2. The van der Waals surface area contributed by atoms with Crippen molar-refractivity contribution in [2.24, 2.45) is 5.92 Å². The summed E-state index contributed by atoms with van der Waals surface area (Å²) in [6, 6.07) is 11.7. The number of ether oxygens (including phenoxy) is 1. The fourth-order valence-corrected chi connectivity index (χ4v) is 2.63. The van der Waals surface area contributed by atoms with Crippen LogP contribution in [0, 0.1) is 11.7 Å². The number of amides is 2. The molecular formula is C18H17FN2O3. The van der Waals surface area contributed by atoms with Gasteiger partial charge in [-0.05, 0) is 36.2 Å². The minimum absolute atomic E-state index is 0.0329. The lowest BCUT2D eigenvalue weighted by molar-refractivity contribution is -0.121. The number of carbonyl (C=O) groups excluding carboxylic acids is 2. The zero-order valence-electron chi connectivity index (χ0n) is 13.1. The molecule has 0 fully saturated rings. The van der Waals surface area contributed by atoms with Gasteiger partial charge in [-0.25, -0.2) is 4.39 Å². The monoisotopic (exact) mass is 328 g/mol. The molecule has 0 saturated carbocycles. The van der Waals surface area contributed by atoms with Crippen molar-refractivity contribution in [3.63, 3.8) is 0 Å². The minimum atomic E-state index is -0.557. The molecule has 124 valence electrons. The van der Waals surface area contributed by atoms with E-state index in [0.29, 0.717) is 18.7 Å². The predicted octanol–water partition coefficient (Wildman–Crippen LogP) is 2.97. The SMILES string of the molecule is CC(=O)Nc1cc(NC(=O)C2COc3ccccc3C2)ccc1F. The average Bonchev–Trinajstić information content (AvgIpc) is 2.57. The molecule has 0 radical (unpaired) electrons. The zero-order chi connectivity index (χ0) is 17.1. The molecule has 5 nitrogen and oxygen atoms in total. The first-order valence-corrected chi connectivity index (χ1v) is 7.61. The van der Waals surface area contributed by atoms with E-state index in [1.165, 1.54) is 25.1 Å². The Kier molecular flexibility index (Phi) is 4.46. The molecular weight excluding hydrogens is 311 g/mol. The Bertz CT molecular complexity index is 792. The highest BCUT2D eigenvalue weighted by Crippen LogP contribution is 2.28. The van der Waals surface area contributed by atoms with Gasteiger partial charge in [-0.1, -0.05) is 18.2 Å². The maximum Gasteiger partial charge on any atom is 0.231 e. The average molecular weight is 328 g/mol. The highest BCUT2D eigenvalue weighted by Gasteiger charge is 2.26. The maximum atomic E-state index is 13.6. The number of rotatable bonds is 3. The fraction of sp³-hybridized carbons (Fsp3) is 0.222. The van der Waals surface area contributed by atoms with Crippen molar-refractivity contribution in [2.45, 2.75) is 13.3 Å². The molecule has 2 aromatic carbocycles. The van der Waals surface area contributed by atoms with E-state index < -0.39 is 5.82 Å². The summed E-state index contributed by atoms with van der Waals surface area (Å²) < 4.78 is 19.3. The normalized spacial score (nSPS) is 15.8. The van der Waals surface area contributed by atoms with Crippen LogP contribution in [0.15, 0.2) is 42.5 Å². The number of anilines is 2. The number of fused-ring (bicyclic) bond motifs is 1. The Morgan fingerprint density at radius 3 is 2.75 bits per heavy atom. The topological polar surface area (TPSA) is 67.4 Å². The number of hydrogen-bond acceptors (Lipinski definition) is 3. The highest BCUT2D eigenvalue weighted by molar-refractivity contribution is 5.95. The molecule has 0 aliphatic carbocycles. The first-order valence-electron chi connectivity index (χ1n) is 7.61. The Hall–Kier alpha value is -2.89. The van der Waals surface area contributed by atoms with Crippen LogP contribution in [0.2, 0.25) is 0 Å². The summed E-state index contributed by atoms with van der Waals surface area (Å²) in [5.41, 5.74) is 1.44. The number of para-hydroxylation sites is 1. The van der Waals surface area contributed by atoms with Gasteiger partial charge in [0.1, 0.15) is 18.2 Å². The maximum absolute atomic E-state index is 13.6. The van der Waals surface area contributed by atoms with Crippen molar-refractivity contribution in [3.05, 3.63) is 53.8 Å². The number of halogens is 1. The molecule has 0 bridgehead atoms. The van der Waals surface area contributed by atoms with Crippen LogP contribution in [-0.4, -0.2) is 18.4 Å². The minimum Gasteiger partial charge on any atom is -0.492 e. The number of carbonyl (C=O) groups is 2. The van der Waals surface area contributed by atoms with Crippen LogP contribution in [0.5, 0.6) is 5.75 Å². The van der Waals surface area contributed by atoms with Gasteiger partial charge in [0, 0.05) is 12.6 Å². The molecule has 1 atom stereocenters. The second-order valence-electron chi connectivity index (χ2n) is 5.68. The molecule has 24 heavy (non-hydrogen) atoms. The second-order valence-corrected chi connectivity index (χ2v) is 5.68. The fourth-order valence-electron chi connectivity index (χ4n) is 2.63. The van der Waals surface area contributed by atoms with Crippen molar-refractivity contribution in [3.8, 4) is 5.75 Å². The van der Waals surface area contributed by atoms with E-state index in [9.17, 15) is 14.0 Å². The lowest BCUT2D eigenvalue weighted by Gasteiger charge is -2.24. The van der Waals surface area contributed by atoms with Gasteiger partial charge in [0.05, 0.1) is 11.6 Å². The van der Waals surface area contributed by atoms with E-state index in [1.54, 1.807) is 0 Å². The lowest BCUT2D eigenvalue weighted by atomic mass is 9.96. The molecule has 2 N–H and O–H groups in total. The molecule has 1 aliphatic heterocycles. The van der Waals surface area contributed by atoms with Gasteiger partial charge >= 0.3 is 0 Å². The van der Waals surface area contributed by atoms with E-state index in [2.05, 4.69) is 10.6 Å². The molecule has 6 heteroatoms. The first-order chi connectivity index (χ1) is 11.5. The van der Waals surface area contributed by atoms with Gasteiger partial charge in [0.2, 0.25) is 11.8 Å². The molecule has 2 aromatic rings. The zero-order valence-corrected chi connectivity index (χ0v) is 13.1. The van der Waals surface area contributed by atoms with Gasteiger partial charge in [-0.3, -0.25) is 9.59 Å². The van der Waals surface area contributed by atoms with E-state index in [4.69, 9.17) is 4.74 Å². The Morgan fingerprint density at radius 2 is 1.96 bits per heavy atom. The second kappa shape index (κ2) is 6.70. The standard InChI is InChI=1S/C18H17FN2O3/c1-11(22)20-16-9-14(6-7-15(16)19)21-18(23)13-8-12-4-2-3-5-17(12)24-10-13/h2-7,9,13H,8,10H2,1H3,(H,20,22)(H,21,23). The third-order valence-corrected chi connectivity index (χ3v) is 3.79. The summed E-state index contributed by atoms with van der Waals surface area (Å²) in [4.78, 5) is 23.5. The van der Waals surface area contributed by atoms with Crippen molar-refractivity contribution >= 4 is 23.2 Å². The molecule has 3 rings (SSSR count). The lowest BCUT2D eigenvalue weighted by Crippen LogP contribution is -2.32. The highest BCUT2D eigenvalue weighted by atomic mass is 19.1. The molecule has 0 saturated heterocycles. The Balaban J connectivity index is 1.70. The molecule has 1 aliphatic rings. The smallest absolute Gasteiger partial charge is 0.231 e. The summed E-state index contributed by atoms with van der Waals surface area (Å²) in [5, 5.41) is 5.14. The van der Waals surface area contributed by atoms with Crippen LogP contribution in [0.3, 0.4) is 0 Å². The predicted molar refractivity (Wildman–Crippen MR) is 88.5 cm³/mol. The summed E-state index contributed by atoms with van der Waals surface area (Å²) in [5.74, 6) is -0.664. The molecule has 0 aromatic heterocycles. The largest absolute Gasteiger partial charge is 0.492 e. The van der Waals surface area contributed by atoms with Crippen LogP contribution in [0.4, 0.5) is 15.8 Å². The Labute approximate surface area is 138 Å². The third-order valence-electron chi connectivity index (χ3n) is 3.79. The van der Waals surface area contributed by atoms with E-state index in [1.807, 2.05) is 24.3 Å². The summed E-state index contributed by atoms with van der Waals surface area (Å²) >= 11 is 0. The Morgan fingerprint density at radius 1 is 1.17 bits per heavy atom. The third kappa shape index (κ3) is 3.53. The summed E-state index contributed by atoms with van der Waals surface area (Å²) in [7, 11) is 0. The van der Waals surface area contributed by atoms with Crippen LogP contribution >= 0.6 is 0 Å². The number of nitrogens with one attached hydrogen (secondary N) is 2. The van der Waals surface area contributed by atoms with E-state index in [-0.39, 0.29) is 23.4 Å². The van der Waals surface area contributed by atoms with Gasteiger partial charge < -0.3 is 15.4 Å². The van der Waals surface area contributed by atoms with Crippen LogP contribution < -0.4 is 15.4 Å². The van der Waals surface area contributed by atoms with Gasteiger partial charge in [-0.15, -0.1) is 0 Å². The van der Waals surface area contributed by atoms with Crippen molar-refractivity contribution in [2.75, 3.05) is 17.2 Å². The molecule has 0 spiro atoms. The first kappa shape index (κ1) is 16.0. The quantitative estimate of drug-likeness (QED) is 0.910. The van der Waals surface area contributed by atoms with Crippen molar-refractivity contribution in [1.29, 1.82) is 0 Å². The summed E-state index contributed by atoms with van der Waals surface area (Å²) in [6.45, 7) is 1.59.